The molecule has 0 bridgehead atoms. The Morgan fingerprint density at radius 3 is 2.75 bits per heavy atom. The zero-order valence-corrected chi connectivity index (χ0v) is 7.02. The van der Waals surface area contributed by atoms with Crippen LogP contribution in [-0.2, 0) is 0 Å². The standard InChI is InChI=1S/C8H5ClFNO/c1-12-6-2-5(4-11)8(10)7(9)3-6/h2-3H,1H3. The molecule has 0 amide bonds. The van der Waals surface area contributed by atoms with Crippen molar-refractivity contribution in [1.82, 2.24) is 0 Å². The predicted octanol–water partition coefficient (Wildman–Crippen LogP) is 2.36. The quantitative estimate of drug-likeness (QED) is 0.673. The average Bonchev–Trinajstić information content (AvgIpc) is 2.09. The molecule has 0 aliphatic carbocycles. The second-order valence-electron chi connectivity index (χ2n) is 2.08. The van der Waals surface area contributed by atoms with Gasteiger partial charge in [-0.1, -0.05) is 11.6 Å². The van der Waals surface area contributed by atoms with E-state index in [0.29, 0.717) is 5.75 Å². The molecule has 0 unspecified atom stereocenters. The molecule has 2 nitrogen and oxygen atoms in total. The summed E-state index contributed by atoms with van der Waals surface area (Å²) in [5, 5.41) is 8.35. The molecule has 0 radical (unpaired) electrons. The smallest absolute Gasteiger partial charge is 0.159 e. The van der Waals surface area contributed by atoms with Gasteiger partial charge in [0, 0.05) is 12.1 Å². The van der Waals surface area contributed by atoms with Crippen LogP contribution in [0.1, 0.15) is 5.56 Å². The molecule has 1 aromatic carbocycles. The van der Waals surface area contributed by atoms with E-state index in [4.69, 9.17) is 21.6 Å². The Morgan fingerprint density at radius 2 is 2.25 bits per heavy atom. The molecule has 0 aliphatic heterocycles. The summed E-state index contributed by atoms with van der Waals surface area (Å²) >= 11 is 5.47. The van der Waals surface area contributed by atoms with E-state index in [0.717, 1.165) is 0 Å². The van der Waals surface area contributed by atoms with Crippen LogP contribution in [0.15, 0.2) is 12.1 Å². The van der Waals surface area contributed by atoms with Crippen LogP contribution in [0.3, 0.4) is 0 Å². The highest BCUT2D eigenvalue weighted by Crippen LogP contribution is 2.24. The van der Waals surface area contributed by atoms with Crippen LogP contribution in [0.2, 0.25) is 5.02 Å². The predicted molar refractivity (Wildman–Crippen MR) is 42.7 cm³/mol. The lowest BCUT2D eigenvalue weighted by Crippen LogP contribution is -1.89. The van der Waals surface area contributed by atoms with E-state index < -0.39 is 5.82 Å². The molecule has 0 aromatic heterocycles. The van der Waals surface area contributed by atoms with Gasteiger partial charge >= 0.3 is 0 Å². The molecule has 0 atom stereocenters. The van der Waals surface area contributed by atoms with E-state index in [1.54, 1.807) is 6.07 Å². The van der Waals surface area contributed by atoms with Gasteiger partial charge in [-0.15, -0.1) is 0 Å². The van der Waals surface area contributed by atoms with Crippen LogP contribution in [0, 0.1) is 17.1 Å². The van der Waals surface area contributed by atoms with E-state index in [2.05, 4.69) is 0 Å². The Balaban J connectivity index is 3.31. The van der Waals surface area contributed by atoms with Crippen LogP contribution >= 0.6 is 11.6 Å². The first-order valence-corrected chi connectivity index (χ1v) is 3.50. The van der Waals surface area contributed by atoms with Gasteiger partial charge in [-0.25, -0.2) is 4.39 Å². The van der Waals surface area contributed by atoms with Crippen molar-refractivity contribution in [3.63, 3.8) is 0 Å². The summed E-state index contributed by atoms with van der Waals surface area (Å²) in [6.07, 6.45) is 0. The molecule has 0 fully saturated rings. The summed E-state index contributed by atoms with van der Waals surface area (Å²) in [5.41, 5.74) is -0.112. The molecule has 4 heteroatoms. The van der Waals surface area contributed by atoms with Gasteiger partial charge in [0.05, 0.1) is 17.7 Å². The van der Waals surface area contributed by atoms with E-state index in [1.807, 2.05) is 0 Å². The van der Waals surface area contributed by atoms with Gasteiger partial charge < -0.3 is 4.74 Å². The van der Waals surface area contributed by atoms with Crippen molar-refractivity contribution in [2.75, 3.05) is 7.11 Å². The van der Waals surface area contributed by atoms with Crippen molar-refractivity contribution in [2.24, 2.45) is 0 Å². The first kappa shape index (κ1) is 8.82. The van der Waals surface area contributed by atoms with Crippen molar-refractivity contribution in [3.8, 4) is 11.8 Å². The molecule has 0 N–H and O–H groups in total. The topological polar surface area (TPSA) is 33.0 Å². The van der Waals surface area contributed by atoms with Crippen LogP contribution in [-0.4, -0.2) is 7.11 Å². The Morgan fingerprint density at radius 1 is 1.58 bits per heavy atom. The van der Waals surface area contributed by atoms with E-state index in [9.17, 15) is 4.39 Å². The largest absolute Gasteiger partial charge is 0.497 e. The summed E-state index contributed by atoms with van der Waals surface area (Å²) in [6, 6.07) is 4.28. The van der Waals surface area contributed by atoms with Crippen molar-refractivity contribution < 1.29 is 9.13 Å². The molecule has 12 heavy (non-hydrogen) atoms. The first-order chi connectivity index (χ1) is 5.69. The number of halogens is 2. The Bertz CT molecular complexity index is 346. The monoisotopic (exact) mass is 185 g/mol. The average molecular weight is 186 g/mol. The zero-order valence-electron chi connectivity index (χ0n) is 6.27. The minimum atomic E-state index is -0.708. The molecule has 0 spiro atoms. The molecule has 0 saturated carbocycles. The molecule has 0 saturated heterocycles. The maximum atomic E-state index is 12.9. The number of hydrogen-bond acceptors (Lipinski definition) is 2. The number of benzene rings is 1. The molecule has 0 aliphatic rings. The Kier molecular flexibility index (Phi) is 2.51. The first-order valence-electron chi connectivity index (χ1n) is 3.12. The number of ether oxygens (including phenoxy) is 1. The summed E-state index contributed by atoms with van der Waals surface area (Å²) in [4.78, 5) is 0. The molecule has 1 rings (SSSR count). The van der Waals surface area contributed by atoms with Crippen LogP contribution in [0.5, 0.6) is 5.75 Å². The maximum absolute atomic E-state index is 12.9. The van der Waals surface area contributed by atoms with Gasteiger partial charge in [-0.2, -0.15) is 5.26 Å². The Labute approximate surface area is 74.1 Å². The zero-order chi connectivity index (χ0) is 9.14. The number of nitriles is 1. The third-order valence-electron chi connectivity index (χ3n) is 1.36. The van der Waals surface area contributed by atoms with Crippen LogP contribution in [0.4, 0.5) is 4.39 Å². The van der Waals surface area contributed by atoms with Gasteiger partial charge in [0.2, 0.25) is 0 Å². The van der Waals surface area contributed by atoms with E-state index in [-0.39, 0.29) is 10.6 Å². The third-order valence-corrected chi connectivity index (χ3v) is 1.63. The lowest BCUT2D eigenvalue weighted by molar-refractivity contribution is 0.413. The lowest BCUT2D eigenvalue weighted by Gasteiger charge is -2.01. The maximum Gasteiger partial charge on any atom is 0.159 e. The van der Waals surface area contributed by atoms with E-state index in [1.165, 1.54) is 19.2 Å². The Hall–Kier alpha value is -1.27. The van der Waals surface area contributed by atoms with Gasteiger partial charge in [-0.05, 0) is 0 Å². The summed E-state index contributed by atoms with van der Waals surface area (Å²) in [6.45, 7) is 0. The normalized spacial score (nSPS) is 9.17. The highest BCUT2D eigenvalue weighted by molar-refractivity contribution is 6.31. The van der Waals surface area contributed by atoms with Crippen LogP contribution in [0.25, 0.3) is 0 Å². The highest BCUT2D eigenvalue weighted by Gasteiger charge is 2.08. The number of methoxy groups -OCH3 is 1. The summed E-state index contributed by atoms with van der Waals surface area (Å²) < 4.78 is 17.7. The van der Waals surface area contributed by atoms with Gasteiger partial charge in [0.25, 0.3) is 0 Å². The molecule has 1 aromatic rings. The number of rotatable bonds is 1. The minimum Gasteiger partial charge on any atom is -0.497 e. The minimum absolute atomic E-state index is 0.106. The van der Waals surface area contributed by atoms with E-state index >= 15 is 0 Å². The molecule has 62 valence electrons. The fourth-order valence-corrected chi connectivity index (χ4v) is 0.973. The molecular weight excluding hydrogens is 181 g/mol. The second-order valence-corrected chi connectivity index (χ2v) is 2.49. The lowest BCUT2D eigenvalue weighted by atomic mass is 10.2. The van der Waals surface area contributed by atoms with Crippen molar-refractivity contribution in [2.45, 2.75) is 0 Å². The fraction of sp³-hybridized carbons (Fsp3) is 0.125. The number of hydrogen-bond donors (Lipinski definition) is 0. The fourth-order valence-electron chi connectivity index (χ4n) is 0.763. The molecule has 0 heterocycles. The third kappa shape index (κ3) is 1.49. The summed E-state index contributed by atoms with van der Waals surface area (Å²) in [5.74, 6) is -0.335. The van der Waals surface area contributed by atoms with Crippen LogP contribution < -0.4 is 4.74 Å². The SMILES string of the molecule is COc1cc(Cl)c(F)c(C#N)c1. The van der Waals surface area contributed by atoms with Gasteiger partial charge in [0.15, 0.2) is 5.82 Å². The number of nitrogens with zero attached hydrogens (tertiary/aromatic N) is 1. The second kappa shape index (κ2) is 3.42. The molecular formula is C8H5ClFNO. The highest BCUT2D eigenvalue weighted by atomic mass is 35.5. The van der Waals surface area contributed by atoms with Crippen molar-refractivity contribution in [3.05, 3.63) is 28.5 Å². The van der Waals surface area contributed by atoms with Crippen molar-refractivity contribution in [1.29, 1.82) is 5.26 Å². The van der Waals surface area contributed by atoms with Gasteiger partial charge in [-0.3, -0.25) is 0 Å². The van der Waals surface area contributed by atoms with Crippen molar-refractivity contribution >= 4 is 11.6 Å². The summed E-state index contributed by atoms with van der Waals surface area (Å²) in [7, 11) is 1.42. The van der Waals surface area contributed by atoms with Gasteiger partial charge in [0.1, 0.15) is 11.8 Å².